The lowest BCUT2D eigenvalue weighted by Crippen LogP contribution is -2.46. The molecule has 11 nitrogen and oxygen atoms in total. The van der Waals surface area contributed by atoms with Crippen molar-refractivity contribution in [3.8, 4) is 0 Å². The molecule has 50 heavy (non-hydrogen) atoms. The van der Waals surface area contributed by atoms with Crippen molar-refractivity contribution < 1.29 is 35.6 Å². The first-order valence-electron chi connectivity index (χ1n) is 16.8. The molecule has 3 aromatic rings. The van der Waals surface area contributed by atoms with Crippen molar-refractivity contribution in [2.75, 3.05) is 62.3 Å². The van der Waals surface area contributed by atoms with E-state index in [0.29, 0.717) is 32.5 Å². The molecule has 2 aliphatic heterocycles. The second-order valence-corrected chi connectivity index (χ2v) is 17.8. The highest BCUT2D eigenvalue weighted by Gasteiger charge is 2.29. The van der Waals surface area contributed by atoms with Crippen LogP contribution in [-0.2, 0) is 26.8 Å². The van der Waals surface area contributed by atoms with E-state index in [2.05, 4.69) is 55.7 Å². The van der Waals surface area contributed by atoms with Crippen LogP contribution < -0.4 is 9.47 Å². The van der Waals surface area contributed by atoms with Gasteiger partial charge in [0.05, 0.1) is 28.8 Å². The lowest BCUT2D eigenvalue weighted by molar-refractivity contribution is -0.668. The summed E-state index contributed by atoms with van der Waals surface area (Å²) in [6.45, 7) is 5.09. The van der Waals surface area contributed by atoms with Crippen molar-refractivity contribution in [3.05, 3.63) is 93.6 Å². The van der Waals surface area contributed by atoms with E-state index >= 15 is 0 Å². The average Bonchev–Trinajstić information content (AvgIpc) is 3.75. The van der Waals surface area contributed by atoms with Gasteiger partial charge in [-0.1, -0.05) is 53.4 Å². The first kappa shape index (κ1) is 36.8. The molecule has 1 aromatic heterocycles. The van der Waals surface area contributed by atoms with E-state index in [-0.39, 0.29) is 18.1 Å². The molecule has 0 amide bonds. The number of piperazine rings is 1. The number of para-hydroxylation sites is 2. The van der Waals surface area contributed by atoms with Crippen LogP contribution in [0.3, 0.4) is 0 Å². The molecule has 0 saturated carbocycles. The number of benzene rings is 2. The number of aromatic nitrogens is 1. The fourth-order valence-electron chi connectivity index (χ4n) is 6.75. The number of anilines is 1. The number of β-amino-alcohol motifs (C(OH)–C–C–N with tert-alkyl or cyclic N) is 1. The van der Waals surface area contributed by atoms with Gasteiger partial charge in [-0.3, -0.25) is 14.0 Å². The summed E-state index contributed by atoms with van der Waals surface area (Å²) in [6.07, 6.45) is 10.9. The molecule has 1 fully saturated rings. The second-order valence-electron chi connectivity index (χ2n) is 12.5. The maximum Gasteiger partial charge on any atom is 0.265 e. The van der Waals surface area contributed by atoms with E-state index in [1.807, 2.05) is 36.4 Å². The summed E-state index contributed by atoms with van der Waals surface area (Å²) in [5.41, 5.74) is 5.70. The van der Waals surface area contributed by atoms with E-state index < -0.39 is 20.2 Å². The Morgan fingerprint density at radius 3 is 2.30 bits per heavy atom. The van der Waals surface area contributed by atoms with Crippen LogP contribution in [0.1, 0.15) is 30.7 Å². The fraction of sp³-hybridized carbons (Fsp3) is 0.400. The molecule has 3 N–H and O–H groups in total. The Balaban J connectivity index is 1.32. The summed E-state index contributed by atoms with van der Waals surface area (Å²) < 4.78 is 67.6. The van der Waals surface area contributed by atoms with Crippen molar-refractivity contribution in [1.82, 2.24) is 9.80 Å². The Labute approximate surface area is 302 Å². The Morgan fingerprint density at radius 2 is 1.54 bits per heavy atom. The Hall–Kier alpha value is -3.02. The third kappa shape index (κ3) is 9.25. The maximum atomic E-state index is 11.4. The van der Waals surface area contributed by atoms with Gasteiger partial charge in [0.1, 0.15) is 4.70 Å². The largest absolute Gasteiger partial charge is 0.395 e. The molecule has 0 bridgehead atoms. The monoisotopic (exact) mass is 759 g/mol. The van der Waals surface area contributed by atoms with E-state index in [1.165, 1.54) is 16.8 Å². The number of hydrogen-bond donors (Lipinski definition) is 3. The van der Waals surface area contributed by atoms with Gasteiger partial charge in [-0.15, -0.1) is 0 Å². The highest BCUT2D eigenvalue weighted by molar-refractivity contribution is 8.03. The molecule has 0 radical (unpaired) electrons. The molecule has 2 aromatic carbocycles. The minimum atomic E-state index is -4.05. The van der Waals surface area contributed by atoms with Gasteiger partial charge in [-0.25, -0.2) is 0 Å². The quantitative estimate of drug-likeness (QED) is 0.154. The van der Waals surface area contributed by atoms with Crippen molar-refractivity contribution in [2.45, 2.75) is 37.1 Å². The third-order valence-electron chi connectivity index (χ3n) is 9.07. The minimum absolute atomic E-state index is 0.135. The van der Waals surface area contributed by atoms with Crippen LogP contribution in [0.4, 0.5) is 5.69 Å². The van der Waals surface area contributed by atoms with E-state index in [4.69, 9.17) is 0 Å². The summed E-state index contributed by atoms with van der Waals surface area (Å²) in [5, 5.41) is 11.5. The number of nitrogens with zero attached hydrogens (tertiary/aromatic N) is 4. The van der Waals surface area contributed by atoms with Crippen LogP contribution in [0.15, 0.2) is 93.5 Å². The van der Waals surface area contributed by atoms with Gasteiger partial charge in [-0.05, 0) is 60.8 Å². The van der Waals surface area contributed by atoms with Crippen LogP contribution >= 0.6 is 23.1 Å². The lowest BCUT2D eigenvalue weighted by Gasteiger charge is -2.37. The molecular weight excluding hydrogens is 717 g/mol. The molecule has 15 heteroatoms. The number of thiazole rings is 1. The fourth-order valence-corrected chi connectivity index (χ4v) is 9.92. The topological polar surface area (TPSA) is 143 Å². The van der Waals surface area contributed by atoms with Gasteiger partial charge in [-0.2, -0.15) is 21.4 Å². The highest BCUT2D eigenvalue weighted by atomic mass is 32.2. The van der Waals surface area contributed by atoms with Crippen LogP contribution in [0, 0.1) is 0 Å². The molecule has 268 valence electrons. The van der Waals surface area contributed by atoms with E-state index in [0.717, 1.165) is 69.9 Å². The molecule has 6 rings (SSSR count). The Bertz CT molecular complexity index is 2050. The molecule has 1 saturated heterocycles. The Kier molecular flexibility index (Phi) is 11.8. The minimum Gasteiger partial charge on any atom is -0.395 e. The van der Waals surface area contributed by atoms with Crippen LogP contribution in [0.5, 0.6) is 0 Å². The van der Waals surface area contributed by atoms with Crippen molar-refractivity contribution in [2.24, 2.45) is 0 Å². The number of aryl methyl sites for hydroxylation is 1. The zero-order valence-corrected chi connectivity index (χ0v) is 31.0. The van der Waals surface area contributed by atoms with Crippen molar-refractivity contribution in [3.63, 3.8) is 0 Å². The van der Waals surface area contributed by atoms with E-state index in [1.54, 1.807) is 23.1 Å². The number of thioether (sulfide) groups is 1. The van der Waals surface area contributed by atoms with Gasteiger partial charge in [0, 0.05) is 68.4 Å². The number of aliphatic hydroxyl groups is 1. The number of allylic oxidation sites excluding steroid dienone is 5. The first-order valence-corrected chi connectivity index (χ1v) is 21.6. The summed E-state index contributed by atoms with van der Waals surface area (Å²) in [4.78, 5) is 7.94. The zero-order chi connectivity index (χ0) is 35.3. The zero-order valence-electron chi connectivity index (χ0n) is 27.7. The second kappa shape index (κ2) is 16.1. The van der Waals surface area contributed by atoms with Crippen molar-refractivity contribution >= 4 is 65.3 Å². The molecule has 0 spiro atoms. The Morgan fingerprint density at radius 1 is 0.820 bits per heavy atom. The van der Waals surface area contributed by atoms with Gasteiger partial charge in [0.25, 0.3) is 25.2 Å². The highest BCUT2D eigenvalue weighted by Crippen LogP contribution is 2.46. The standard InChI is InChI=1S/C35H42N4O7S4/c40-24-23-36-19-21-37(22-20-36)35-27(13-15-33-38(17-5-25-49(41,42)43)29-7-1-3-9-31(29)47-33)11-12-28(35)14-16-34-39(18-6-26-50(44,45)46)30-8-2-4-10-32(30)48-34/h1-4,7-10,13-16,40H,5-6,11-12,17-26H2,(H-,41,42,43,44,45,46)/p+1. The molecule has 0 atom stereocenters. The van der Waals surface area contributed by atoms with Crippen LogP contribution in [0.2, 0.25) is 0 Å². The summed E-state index contributed by atoms with van der Waals surface area (Å²) in [7, 11) is -8.10. The summed E-state index contributed by atoms with van der Waals surface area (Å²) in [6, 6.07) is 16.1. The maximum absolute atomic E-state index is 11.4. The van der Waals surface area contributed by atoms with Crippen LogP contribution in [-0.4, -0.2) is 98.2 Å². The van der Waals surface area contributed by atoms with Gasteiger partial charge in [0.2, 0.25) is 5.52 Å². The van der Waals surface area contributed by atoms with Gasteiger partial charge >= 0.3 is 0 Å². The number of rotatable bonds is 14. The lowest BCUT2D eigenvalue weighted by atomic mass is 10.1. The average molecular weight is 760 g/mol. The molecule has 3 heterocycles. The number of fused-ring (bicyclic) bond motifs is 2. The van der Waals surface area contributed by atoms with Crippen molar-refractivity contribution in [1.29, 1.82) is 0 Å². The smallest absolute Gasteiger partial charge is 0.265 e. The normalized spacial score (nSPS) is 19.3. The molecule has 0 unspecified atom stereocenters. The van der Waals surface area contributed by atoms with Gasteiger partial charge < -0.3 is 14.9 Å². The number of hydrogen-bond acceptors (Lipinski definition) is 10. The number of aliphatic hydroxyl groups excluding tert-OH is 1. The predicted octanol–water partition coefficient (Wildman–Crippen LogP) is 4.80. The summed E-state index contributed by atoms with van der Waals surface area (Å²) >= 11 is 3.30. The SMILES string of the molecule is O=S(=O)(O)CCCN1C(=CC=C2CCC(C=Cc3sc4ccccc4[n+]3CCCS(=O)(=O)O)=C2N2CCN(CCO)CC2)Sc2ccccc21. The van der Waals surface area contributed by atoms with Gasteiger partial charge in [0.15, 0.2) is 6.54 Å². The summed E-state index contributed by atoms with van der Waals surface area (Å²) in [5.74, 6) is -0.592. The molecule has 1 aliphatic carbocycles. The van der Waals surface area contributed by atoms with E-state index in [9.17, 15) is 31.0 Å². The van der Waals surface area contributed by atoms with Crippen LogP contribution in [0.25, 0.3) is 16.3 Å². The first-order chi connectivity index (χ1) is 24.0. The molecule has 3 aliphatic rings. The molecular formula is C35H43N4O7S4+. The predicted molar refractivity (Wildman–Crippen MR) is 200 cm³/mol. The third-order valence-corrected chi connectivity index (χ3v) is 12.9.